The maximum Gasteiger partial charge on any atom is 0.326 e. The van der Waals surface area contributed by atoms with Gasteiger partial charge < -0.3 is 41.2 Å². The molecule has 8 N–H and O–H groups in total. The lowest BCUT2D eigenvalue weighted by atomic mass is 10.0. The fourth-order valence-corrected chi connectivity index (χ4v) is 1.25. The van der Waals surface area contributed by atoms with E-state index in [-0.39, 0.29) is 12.2 Å². The van der Waals surface area contributed by atoms with E-state index in [4.69, 9.17) is 26.7 Å². The van der Waals surface area contributed by atoms with E-state index in [1.165, 1.54) is 7.05 Å². The van der Waals surface area contributed by atoms with Crippen LogP contribution in [0.25, 0.3) is 0 Å². The van der Waals surface area contributed by atoms with Crippen molar-refractivity contribution in [3.8, 4) is 0 Å². The highest BCUT2D eigenvalue weighted by atomic mass is 16.6. The van der Waals surface area contributed by atoms with Crippen LogP contribution >= 0.6 is 0 Å². The van der Waals surface area contributed by atoms with E-state index in [0.717, 1.165) is 4.90 Å². The number of carbonyl (C=O) groups is 2. The van der Waals surface area contributed by atoms with Crippen molar-refractivity contribution in [2.45, 2.75) is 24.4 Å². The van der Waals surface area contributed by atoms with E-state index >= 15 is 0 Å². The van der Waals surface area contributed by atoms with Gasteiger partial charge in [-0.3, -0.25) is 10.2 Å². The Bertz CT molecular complexity index is 353. The number of aliphatic hydroxyl groups excluding tert-OH is 3. The first kappa shape index (κ1) is 18.2. The molecule has 0 spiro atoms. The van der Waals surface area contributed by atoms with Crippen molar-refractivity contribution in [1.29, 1.82) is 5.41 Å². The smallest absolute Gasteiger partial charge is 0.326 e. The van der Waals surface area contributed by atoms with Gasteiger partial charge in [-0.15, -0.1) is 0 Å². The summed E-state index contributed by atoms with van der Waals surface area (Å²) >= 11 is 0. The molecule has 0 radical (unpaired) electrons. The summed E-state index contributed by atoms with van der Waals surface area (Å²) in [5.41, 5.74) is 10.5. The van der Waals surface area contributed by atoms with Crippen LogP contribution in [-0.4, -0.2) is 83.0 Å². The van der Waals surface area contributed by atoms with Crippen molar-refractivity contribution in [3.05, 3.63) is 0 Å². The Kier molecular flexibility index (Phi) is 7.69. The lowest BCUT2D eigenvalue weighted by Crippen LogP contribution is -2.53. The van der Waals surface area contributed by atoms with Crippen molar-refractivity contribution in [1.82, 2.24) is 4.90 Å². The number of nitrogens with two attached hydrogens (primary N) is 2. The number of rotatable bonds is 8. The quantitative estimate of drug-likeness (QED) is 0.112. The molecule has 0 unspecified atom stereocenters. The minimum Gasteiger partial charge on any atom is -0.456 e. The molecule has 0 aliphatic heterocycles. The molecule has 0 aliphatic carbocycles. The van der Waals surface area contributed by atoms with Crippen molar-refractivity contribution in [3.63, 3.8) is 0 Å². The second kappa shape index (κ2) is 8.43. The predicted octanol–water partition coefficient (Wildman–Crippen LogP) is -4.04. The number of guanidine groups is 1. The zero-order chi connectivity index (χ0) is 15.9. The monoisotopic (exact) mass is 292 g/mol. The summed E-state index contributed by atoms with van der Waals surface area (Å²) < 4.78 is 4.80. The third-order valence-corrected chi connectivity index (χ3v) is 2.50. The summed E-state index contributed by atoms with van der Waals surface area (Å²) in [6.07, 6.45) is -4.64. The normalized spacial score (nSPS) is 16.6. The third-order valence-electron chi connectivity index (χ3n) is 2.50. The van der Waals surface area contributed by atoms with Gasteiger partial charge in [-0.05, 0) is 0 Å². The number of aliphatic hydroxyl groups is 3. The van der Waals surface area contributed by atoms with Gasteiger partial charge in [-0.1, -0.05) is 0 Å². The van der Waals surface area contributed by atoms with Gasteiger partial charge in [0.05, 0.1) is 6.61 Å². The first-order valence-corrected chi connectivity index (χ1v) is 5.67. The van der Waals surface area contributed by atoms with Crippen molar-refractivity contribution in [2.75, 3.05) is 20.2 Å². The highest BCUT2D eigenvalue weighted by molar-refractivity contribution is 5.81. The van der Waals surface area contributed by atoms with Gasteiger partial charge in [0.15, 0.2) is 12.1 Å². The Morgan fingerprint density at radius 3 is 2.45 bits per heavy atom. The number of esters is 1. The fourth-order valence-electron chi connectivity index (χ4n) is 1.25. The number of likely N-dealkylation sites (N-methyl/N-ethyl adjacent to an activating group) is 1. The Morgan fingerprint density at radius 1 is 1.50 bits per heavy atom. The van der Waals surface area contributed by atoms with Crippen LogP contribution in [-0.2, 0) is 14.3 Å². The number of hydrogen-bond acceptors (Lipinski definition) is 8. The van der Waals surface area contributed by atoms with E-state index in [2.05, 4.69) is 0 Å². The second-order valence-electron chi connectivity index (χ2n) is 4.15. The predicted molar refractivity (Wildman–Crippen MR) is 67.6 cm³/mol. The first-order chi connectivity index (χ1) is 9.24. The summed E-state index contributed by atoms with van der Waals surface area (Å²) in [4.78, 5) is 23.3. The molecule has 0 heterocycles. The summed E-state index contributed by atoms with van der Waals surface area (Å²) in [7, 11) is 1.36. The minimum absolute atomic E-state index is 0.236. The van der Waals surface area contributed by atoms with Gasteiger partial charge >= 0.3 is 5.97 Å². The zero-order valence-corrected chi connectivity index (χ0v) is 11.0. The molecule has 0 bridgehead atoms. The third kappa shape index (κ3) is 5.48. The molecule has 0 aromatic rings. The van der Waals surface area contributed by atoms with Crippen molar-refractivity contribution in [2.24, 2.45) is 11.5 Å². The van der Waals surface area contributed by atoms with Crippen LogP contribution < -0.4 is 11.5 Å². The second-order valence-corrected chi connectivity index (χ2v) is 4.15. The molecule has 0 rings (SSSR count). The average molecular weight is 292 g/mol. The van der Waals surface area contributed by atoms with Crippen LogP contribution in [0.3, 0.4) is 0 Å². The van der Waals surface area contributed by atoms with Gasteiger partial charge in [0, 0.05) is 7.05 Å². The van der Waals surface area contributed by atoms with Gasteiger partial charge in [0.2, 0.25) is 0 Å². The molecular formula is C10H20N4O6. The lowest BCUT2D eigenvalue weighted by Gasteiger charge is -2.28. The van der Waals surface area contributed by atoms with Gasteiger partial charge in [-0.25, -0.2) is 0 Å². The fraction of sp³-hybridized carbons (Fsp3) is 0.700. The number of ether oxygens (including phenoxy) is 1. The van der Waals surface area contributed by atoms with E-state index in [0.29, 0.717) is 0 Å². The molecule has 0 aliphatic rings. The van der Waals surface area contributed by atoms with Gasteiger partial charge in [-0.2, -0.15) is 0 Å². The topological polar surface area (TPSA) is 183 Å². The zero-order valence-electron chi connectivity index (χ0n) is 11.0. The largest absolute Gasteiger partial charge is 0.456 e. The summed E-state index contributed by atoms with van der Waals surface area (Å²) in [5.74, 6) is -1.29. The van der Waals surface area contributed by atoms with Crippen LogP contribution in [0.15, 0.2) is 0 Å². The maximum absolute atomic E-state index is 11.6. The molecule has 0 saturated heterocycles. The number of hydrogen-bond donors (Lipinski definition) is 6. The Hall–Kier alpha value is -1.75. The molecular weight excluding hydrogens is 272 g/mol. The highest BCUT2D eigenvalue weighted by Crippen LogP contribution is 2.08. The van der Waals surface area contributed by atoms with Crippen LogP contribution in [0, 0.1) is 5.41 Å². The van der Waals surface area contributed by atoms with Crippen LogP contribution in [0.4, 0.5) is 0 Å². The number of nitrogens with one attached hydrogen (secondary N) is 1. The standard InChI is InChI=1S/C10H20N4O6/c1-14(10(12)13)2-7(18)20-9(5(11)3-15)8(19)6(17)4-16/h3,5-6,8-9,16-17,19H,2,4,11H2,1H3,(H3,12,13)/t5-,6+,8+,9+/m0/s1. The van der Waals surface area contributed by atoms with Crippen LogP contribution in [0.1, 0.15) is 0 Å². The van der Waals surface area contributed by atoms with E-state index in [1.54, 1.807) is 0 Å². The molecule has 0 amide bonds. The number of aldehydes is 1. The first-order valence-electron chi connectivity index (χ1n) is 5.67. The summed E-state index contributed by atoms with van der Waals surface area (Å²) in [6.45, 7) is -1.20. The molecule has 0 saturated carbocycles. The van der Waals surface area contributed by atoms with Gasteiger partial charge in [0.1, 0.15) is 31.1 Å². The van der Waals surface area contributed by atoms with Crippen molar-refractivity contribution >= 4 is 18.2 Å². The maximum atomic E-state index is 11.6. The Balaban J connectivity index is 4.77. The van der Waals surface area contributed by atoms with Crippen LogP contribution in [0.5, 0.6) is 0 Å². The number of carbonyl (C=O) groups excluding carboxylic acids is 2. The van der Waals surface area contributed by atoms with Gasteiger partial charge in [0.25, 0.3) is 0 Å². The molecule has 0 aromatic carbocycles. The highest BCUT2D eigenvalue weighted by Gasteiger charge is 2.34. The van der Waals surface area contributed by atoms with E-state index < -0.39 is 43.5 Å². The molecule has 0 fully saturated rings. The minimum atomic E-state index is -1.73. The number of nitrogens with zero attached hydrogens (tertiary/aromatic N) is 1. The molecule has 10 heteroatoms. The van der Waals surface area contributed by atoms with E-state index in [1.807, 2.05) is 0 Å². The lowest BCUT2D eigenvalue weighted by molar-refractivity contribution is -0.164. The Morgan fingerprint density at radius 2 is 2.05 bits per heavy atom. The molecule has 10 nitrogen and oxygen atoms in total. The molecule has 4 atom stereocenters. The van der Waals surface area contributed by atoms with Crippen LogP contribution in [0.2, 0.25) is 0 Å². The summed E-state index contributed by atoms with van der Waals surface area (Å²) in [5, 5.41) is 34.8. The SMILES string of the molecule is CN(CC(=O)O[C@@H]([C@H](O)[C@H](O)CO)[C@@H](N)C=O)C(=N)N. The average Bonchev–Trinajstić information content (AvgIpc) is 2.41. The van der Waals surface area contributed by atoms with E-state index in [9.17, 15) is 19.8 Å². The Labute approximate surface area is 115 Å². The van der Waals surface area contributed by atoms with Crippen molar-refractivity contribution < 1.29 is 29.6 Å². The summed E-state index contributed by atoms with van der Waals surface area (Å²) in [6, 6.07) is -1.38. The molecule has 20 heavy (non-hydrogen) atoms. The molecule has 0 aromatic heterocycles. The molecule has 116 valence electrons.